The van der Waals surface area contributed by atoms with Crippen LogP contribution in [-0.4, -0.2) is 32.3 Å². The van der Waals surface area contributed by atoms with E-state index in [2.05, 4.69) is 0 Å². The summed E-state index contributed by atoms with van der Waals surface area (Å²) in [7, 11) is 0. The fourth-order valence-corrected chi connectivity index (χ4v) is 2.41. The topological polar surface area (TPSA) is 147 Å². The highest BCUT2D eigenvalue weighted by Crippen LogP contribution is 2.35. The Morgan fingerprint density at radius 3 is 2.46 bits per heavy atom. The van der Waals surface area contributed by atoms with Gasteiger partial charge in [-0.15, -0.1) is 0 Å². The molecule has 0 heterocycles. The quantitative estimate of drug-likeness (QED) is 0.356. The van der Waals surface area contributed by atoms with E-state index >= 15 is 0 Å². The highest BCUT2D eigenvalue weighted by atomic mass is 16.6. The number of carboxylic acid groups (broad SMARTS) is 1. The van der Waals surface area contributed by atoms with Crippen molar-refractivity contribution in [2.45, 2.75) is 18.9 Å². The van der Waals surface area contributed by atoms with Gasteiger partial charge in [0.05, 0.1) is 4.92 Å². The van der Waals surface area contributed by atoms with Crippen LogP contribution in [0.15, 0.2) is 36.4 Å². The third-order valence-electron chi connectivity index (χ3n) is 3.67. The van der Waals surface area contributed by atoms with Gasteiger partial charge in [-0.2, -0.15) is 0 Å². The maximum Gasteiger partial charge on any atom is 0.320 e. The van der Waals surface area contributed by atoms with Crippen LogP contribution >= 0.6 is 0 Å². The summed E-state index contributed by atoms with van der Waals surface area (Å²) >= 11 is 0. The fraction of sp³-hybridized carbons (Fsp3) is 0.188. The van der Waals surface area contributed by atoms with Crippen molar-refractivity contribution in [3.8, 4) is 11.5 Å². The van der Waals surface area contributed by atoms with Gasteiger partial charge >= 0.3 is 5.97 Å². The van der Waals surface area contributed by atoms with Gasteiger partial charge < -0.3 is 21.1 Å². The van der Waals surface area contributed by atoms with Crippen LogP contribution in [0.1, 0.15) is 16.7 Å². The van der Waals surface area contributed by atoms with E-state index in [1.54, 1.807) is 6.07 Å². The number of carbonyl (C=O) groups is 1. The average molecular weight is 332 g/mol. The molecule has 0 bridgehead atoms. The van der Waals surface area contributed by atoms with Gasteiger partial charge in [0, 0.05) is 23.6 Å². The Hall–Kier alpha value is -3.13. The molecule has 0 unspecified atom stereocenters. The van der Waals surface area contributed by atoms with Crippen LogP contribution in [0, 0.1) is 10.1 Å². The van der Waals surface area contributed by atoms with E-state index in [1.165, 1.54) is 30.3 Å². The van der Waals surface area contributed by atoms with Crippen LogP contribution < -0.4 is 5.73 Å². The predicted molar refractivity (Wildman–Crippen MR) is 85.0 cm³/mol. The first kappa shape index (κ1) is 17.2. The number of nitrogens with two attached hydrogens (primary N) is 1. The fourth-order valence-electron chi connectivity index (χ4n) is 2.41. The van der Waals surface area contributed by atoms with Gasteiger partial charge in [-0.1, -0.05) is 24.3 Å². The van der Waals surface area contributed by atoms with Crippen LogP contribution in [0.4, 0.5) is 5.69 Å². The Balaban J connectivity index is 2.47. The summed E-state index contributed by atoms with van der Waals surface area (Å²) in [4.78, 5) is 21.5. The molecule has 0 saturated heterocycles. The Bertz CT molecular complexity index is 790. The molecule has 1 atom stereocenters. The Morgan fingerprint density at radius 1 is 1.17 bits per heavy atom. The zero-order valence-electron chi connectivity index (χ0n) is 12.5. The number of para-hydroxylation sites is 1. The lowest BCUT2D eigenvalue weighted by molar-refractivity contribution is -0.385. The third kappa shape index (κ3) is 3.61. The van der Waals surface area contributed by atoms with Gasteiger partial charge in [0.25, 0.3) is 5.69 Å². The molecule has 8 nitrogen and oxygen atoms in total. The lowest BCUT2D eigenvalue weighted by Crippen LogP contribution is -2.32. The number of rotatable bonds is 6. The zero-order chi connectivity index (χ0) is 17.9. The van der Waals surface area contributed by atoms with Crippen LogP contribution in [-0.2, 0) is 17.6 Å². The van der Waals surface area contributed by atoms with Gasteiger partial charge in [0.2, 0.25) is 0 Å². The first-order chi connectivity index (χ1) is 11.3. The third-order valence-corrected chi connectivity index (χ3v) is 3.67. The molecule has 0 amide bonds. The molecule has 0 spiro atoms. The molecule has 0 aromatic heterocycles. The maximum atomic E-state index is 11.1. The SMILES string of the molecule is N[C@@H](Cc1ccc(O)c(O)c1Cc1ccccc1[N+](=O)[O-])C(=O)O. The molecule has 5 N–H and O–H groups in total. The van der Waals surface area contributed by atoms with Crippen molar-refractivity contribution in [2.24, 2.45) is 5.73 Å². The first-order valence-corrected chi connectivity index (χ1v) is 7.04. The summed E-state index contributed by atoms with van der Waals surface area (Å²) in [5.41, 5.74) is 6.33. The molecule has 126 valence electrons. The summed E-state index contributed by atoms with van der Waals surface area (Å²) in [6, 6.07) is 7.47. The molecule has 0 radical (unpaired) electrons. The lowest BCUT2D eigenvalue weighted by Gasteiger charge is -2.15. The summed E-state index contributed by atoms with van der Waals surface area (Å²) in [6.07, 6.45) is -0.127. The molecule has 0 aliphatic carbocycles. The minimum atomic E-state index is -1.21. The number of nitro benzene ring substituents is 1. The van der Waals surface area contributed by atoms with Crippen LogP contribution in [0.2, 0.25) is 0 Å². The number of aromatic hydroxyl groups is 2. The highest BCUT2D eigenvalue weighted by Gasteiger charge is 2.21. The first-order valence-electron chi connectivity index (χ1n) is 7.04. The van der Waals surface area contributed by atoms with Crippen molar-refractivity contribution in [3.05, 3.63) is 63.2 Å². The summed E-state index contributed by atoms with van der Waals surface area (Å²) in [6.45, 7) is 0. The number of benzene rings is 2. The van der Waals surface area contributed by atoms with Gasteiger partial charge in [-0.05, 0) is 18.1 Å². The number of hydrogen-bond donors (Lipinski definition) is 4. The Labute approximate surface area is 136 Å². The molecular formula is C16H16N2O6. The smallest absolute Gasteiger partial charge is 0.320 e. The number of hydrogen-bond acceptors (Lipinski definition) is 6. The Morgan fingerprint density at radius 2 is 1.83 bits per heavy atom. The number of aliphatic carboxylic acids is 1. The zero-order valence-corrected chi connectivity index (χ0v) is 12.5. The summed E-state index contributed by atoms with van der Waals surface area (Å²) < 4.78 is 0. The number of carboxylic acids is 1. The van der Waals surface area contributed by atoms with Crippen molar-refractivity contribution >= 4 is 11.7 Å². The second-order valence-corrected chi connectivity index (χ2v) is 5.28. The second-order valence-electron chi connectivity index (χ2n) is 5.28. The molecule has 2 aromatic rings. The van der Waals surface area contributed by atoms with E-state index in [1.807, 2.05) is 0 Å². The van der Waals surface area contributed by atoms with Crippen molar-refractivity contribution in [1.82, 2.24) is 0 Å². The minimum absolute atomic E-state index is 0.0426. The van der Waals surface area contributed by atoms with Gasteiger partial charge in [0.1, 0.15) is 6.04 Å². The van der Waals surface area contributed by atoms with E-state index in [-0.39, 0.29) is 24.1 Å². The predicted octanol–water partition coefficient (Wildman–Crippen LogP) is 1.55. The van der Waals surface area contributed by atoms with Gasteiger partial charge in [-0.3, -0.25) is 14.9 Å². The summed E-state index contributed by atoms with van der Waals surface area (Å²) in [5, 5.41) is 39.9. The molecule has 2 rings (SSSR count). The van der Waals surface area contributed by atoms with Crippen LogP contribution in [0.25, 0.3) is 0 Å². The molecule has 8 heteroatoms. The Kier molecular flexibility index (Phi) is 5.00. The molecule has 0 aliphatic rings. The molecular weight excluding hydrogens is 316 g/mol. The highest BCUT2D eigenvalue weighted by molar-refractivity contribution is 5.73. The largest absolute Gasteiger partial charge is 0.504 e. The van der Waals surface area contributed by atoms with Crippen LogP contribution in [0.3, 0.4) is 0 Å². The number of nitro groups is 1. The van der Waals surface area contributed by atoms with Crippen LogP contribution in [0.5, 0.6) is 11.5 Å². The van der Waals surface area contributed by atoms with Crippen molar-refractivity contribution in [1.29, 1.82) is 0 Å². The van der Waals surface area contributed by atoms with Crippen molar-refractivity contribution in [2.75, 3.05) is 0 Å². The summed E-state index contributed by atoms with van der Waals surface area (Å²) in [5.74, 6) is -2.04. The number of nitrogens with zero attached hydrogens (tertiary/aromatic N) is 1. The van der Waals surface area contributed by atoms with E-state index in [0.717, 1.165) is 0 Å². The van der Waals surface area contributed by atoms with Crippen molar-refractivity contribution < 1.29 is 25.0 Å². The van der Waals surface area contributed by atoms with Gasteiger partial charge in [-0.25, -0.2) is 0 Å². The van der Waals surface area contributed by atoms with E-state index < -0.39 is 28.4 Å². The van der Waals surface area contributed by atoms with Crippen molar-refractivity contribution in [3.63, 3.8) is 0 Å². The standard InChI is InChI=1S/C16H16N2O6/c17-12(16(21)22)8-9-5-6-14(19)15(20)11(9)7-10-3-1-2-4-13(10)18(23)24/h1-6,12,19-20H,7-8,17H2,(H,21,22)/t12-/m0/s1. The molecule has 2 aromatic carbocycles. The van der Waals surface area contributed by atoms with E-state index in [0.29, 0.717) is 11.1 Å². The average Bonchev–Trinajstić information content (AvgIpc) is 2.54. The molecule has 0 fully saturated rings. The molecule has 0 aliphatic heterocycles. The minimum Gasteiger partial charge on any atom is -0.504 e. The lowest BCUT2D eigenvalue weighted by atomic mass is 9.93. The number of phenolic OH excluding ortho intramolecular Hbond substituents is 2. The molecule has 24 heavy (non-hydrogen) atoms. The monoisotopic (exact) mass is 332 g/mol. The van der Waals surface area contributed by atoms with E-state index in [4.69, 9.17) is 10.8 Å². The normalized spacial score (nSPS) is 11.9. The number of phenols is 2. The molecule has 0 saturated carbocycles. The van der Waals surface area contributed by atoms with Gasteiger partial charge in [0.15, 0.2) is 11.5 Å². The van der Waals surface area contributed by atoms with E-state index in [9.17, 15) is 25.1 Å². The maximum absolute atomic E-state index is 11.1. The second kappa shape index (κ2) is 6.97.